The van der Waals surface area contributed by atoms with E-state index in [-0.39, 0.29) is 12.6 Å². The van der Waals surface area contributed by atoms with Gasteiger partial charge in [-0.3, -0.25) is 0 Å². The van der Waals surface area contributed by atoms with Gasteiger partial charge in [-0.2, -0.15) is 26.3 Å². The summed E-state index contributed by atoms with van der Waals surface area (Å²) in [6, 6.07) is 8.00. The second-order valence-corrected chi connectivity index (χ2v) is 10.7. The fraction of sp³-hybridized carbons (Fsp3) is 0.370. The van der Waals surface area contributed by atoms with Crippen LogP contribution in [0.5, 0.6) is 0 Å². The van der Waals surface area contributed by atoms with Gasteiger partial charge in [-0.05, 0) is 54.9 Å². The van der Waals surface area contributed by atoms with Gasteiger partial charge in [0.2, 0.25) is 5.95 Å². The Morgan fingerprint density at radius 3 is 2.17 bits per heavy atom. The van der Waals surface area contributed by atoms with E-state index >= 15 is 0 Å². The quantitative estimate of drug-likeness (QED) is 0.296. The third-order valence-corrected chi connectivity index (χ3v) is 7.79. The molecule has 1 N–H and O–H groups in total. The predicted octanol–water partition coefficient (Wildman–Crippen LogP) is 5.95. The van der Waals surface area contributed by atoms with Gasteiger partial charge >= 0.3 is 12.4 Å². The lowest BCUT2D eigenvalue weighted by Gasteiger charge is -2.37. The van der Waals surface area contributed by atoms with E-state index < -0.39 is 35.7 Å². The number of nitrogens with one attached hydrogen (secondary N) is 1. The van der Waals surface area contributed by atoms with Crippen molar-refractivity contribution in [2.75, 3.05) is 49.6 Å². The van der Waals surface area contributed by atoms with Gasteiger partial charge in [0.1, 0.15) is 5.82 Å². The summed E-state index contributed by atoms with van der Waals surface area (Å²) in [7, 11) is 2.04. The maximum atomic E-state index is 13.7. The van der Waals surface area contributed by atoms with Gasteiger partial charge in [-0.25, -0.2) is 15.0 Å². The van der Waals surface area contributed by atoms with Crippen LogP contribution in [0.25, 0.3) is 10.9 Å². The highest BCUT2D eigenvalue weighted by Crippen LogP contribution is 2.42. The number of piperazine rings is 1. The number of fused-ring (bicyclic) bond motifs is 3. The molecule has 41 heavy (non-hydrogen) atoms. The topological polar surface area (TPSA) is 64.2 Å². The molecule has 1 fully saturated rings. The zero-order chi connectivity index (χ0) is 29.1. The SMILES string of the molecule is CN1CCN(c2ccc([C@H]3c4[nH]c5ccc(Cl)cc5c4CCN3c3nc(C(F)(F)F)cc(C(F)(F)F)n3)cn2)CC1. The third-order valence-electron chi connectivity index (χ3n) is 7.55. The lowest BCUT2D eigenvalue weighted by Crippen LogP contribution is -2.44. The molecule has 0 bridgehead atoms. The minimum atomic E-state index is -5.10. The minimum absolute atomic E-state index is 0.0643. The van der Waals surface area contributed by atoms with Gasteiger partial charge in [-0.15, -0.1) is 0 Å². The summed E-state index contributed by atoms with van der Waals surface area (Å²) in [5.74, 6) is 0.0742. The van der Waals surface area contributed by atoms with Gasteiger partial charge in [0.25, 0.3) is 0 Å². The molecule has 1 saturated heterocycles. The minimum Gasteiger partial charge on any atom is -0.356 e. The van der Waals surface area contributed by atoms with Crippen molar-refractivity contribution in [2.45, 2.75) is 24.8 Å². The van der Waals surface area contributed by atoms with Crippen molar-refractivity contribution in [3.8, 4) is 0 Å². The number of H-pyrrole nitrogens is 1. The summed E-state index contributed by atoms with van der Waals surface area (Å²) in [4.78, 5) is 20.8. The van der Waals surface area contributed by atoms with Crippen molar-refractivity contribution < 1.29 is 26.3 Å². The monoisotopic (exact) mass is 595 g/mol. The number of hydrogen-bond donors (Lipinski definition) is 1. The normalized spacial score (nSPS) is 18.7. The molecular formula is C27H24ClF6N7. The van der Waals surface area contributed by atoms with Gasteiger partial charge in [0.05, 0.1) is 6.04 Å². The molecule has 1 atom stereocenters. The number of aromatic nitrogens is 4. The molecule has 0 aliphatic carbocycles. The highest BCUT2D eigenvalue weighted by atomic mass is 35.5. The molecule has 2 aliphatic heterocycles. The summed E-state index contributed by atoms with van der Waals surface area (Å²) in [5, 5.41) is 1.34. The Morgan fingerprint density at radius 1 is 0.878 bits per heavy atom. The van der Waals surface area contributed by atoms with Crippen LogP contribution in [-0.2, 0) is 18.8 Å². The first-order chi connectivity index (χ1) is 19.4. The Balaban J connectivity index is 1.48. The Kier molecular flexibility index (Phi) is 6.76. The number of pyridine rings is 1. The molecule has 0 spiro atoms. The van der Waals surface area contributed by atoms with Crippen LogP contribution in [0.4, 0.5) is 38.1 Å². The van der Waals surface area contributed by atoms with Crippen molar-refractivity contribution in [3.63, 3.8) is 0 Å². The molecule has 6 rings (SSSR count). The molecule has 5 heterocycles. The fourth-order valence-electron chi connectivity index (χ4n) is 5.46. The lowest BCUT2D eigenvalue weighted by molar-refractivity contribution is -0.147. The van der Waals surface area contributed by atoms with Crippen LogP contribution in [0, 0.1) is 0 Å². The van der Waals surface area contributed by atoms with Crippen molar-refractivity contribution >= 4 is 34.3 Å². The van der Waals surface area contributed by atoms with E-state index in [0.29, 0.717) is 22.7 Å². The maximum absolute atomic E-state index is 13.7. The van der Waals surface area contributed by atoms with E-state index in [2.05, 4.69) is 29.7 Å². The van der Waals surface area contributed by atoms with Crippen LogP contribution in [0.3, 0.4) is 0 Å². The summed E-state index contributed by atoms with van der Waals surface area (Å²) < 4.78 is 82.0. The molecule has 216 valence electrons. The average Bonchev–Trinajstić information content (AvgIpc) is 3.30. The van der Waals surface area contributed by atoms with Crippen LogP contribution < -0.4 is 9.80 Å². The number of anilines is 2. The lowest BCUT2D eigenvalue weighted by atomic mass is 9.93. The van der Waals surface area contributed by atoms with E-state index in [1.807, 2.05) is 13.1 Å². The number of rotatable bonds is 3. The molecule has 0 saturated carbocycles. The van der Waals surface area contributed by atoms with E-state index in [1.54, 1.807) is 30.5 Å². The number of benzene rings is 1. The molecule has 0 unspecified atom stereocenters. The van der Waals surface area contributed by atoms with Crippen LogP contribution in [0.1, 0.15) is 34.3 Å². The standard InChI is InChI=1S/C27H24ClF6N7/c1-39-8-10-40(11-9-39)22-5-2-15(14-35-22)24-23-17(18-12-16(28)3-4-19(18)36-23)6-7-41(24)25-37-20(26(29,30)31)13-21(38-25)27(32,33)34/h2-5,12-14,24,36H,6-11H2,1H3/t24-/m0/s1. The first kappa shape index (κ1) is 27.6. The number of hydrogen-bond acceptors (Lipinski definition) is 6. The summed E-state index contributed by atoms with van der Waals surface area (Å²) >= 11 is 6.24. The van der Waals surface area contributed by atoms with Crippen molar-refractivity contribution in [1.29, 1.82) is 0 Å². The molecular weight excluding hydrogens is 572 g/mol. The summed E-state index contributed by atoms with van der Waals surface area (Å²) in [6.45, 7) is 3.37. The van der Waals surface area contributed by atoms with Crippen molar-refractivity contribution in [1.82, 2.24) is 24.8 Å². The zero-order valence-electron chi connectivity index (χ0n) is 21.7. The number of halogens is 7. The number of alkyl halides is 6. The zero-order valence-corrected chi connectivity index (χ0v) is 22.4. The molecule has 4 aromatic rings. The van der Waals surface area contributed by atoms with Crippen LogP contribution in [0.15, 0.2) is 42.6 Å². The second-order valence-electron chi connectivity index (χ2n) is 10.2. The number of nitrogens with zero attached hydrogens (tertiary/aromatic N) is 6. The maximum Gasteiger partial charge on any atom is 0.433 e. The number of aromatic amines is 1. The van der Waals surface area contributed by atoms with Gasteiger partial charge in [0, 0.05) is 60.5 Å². The average molecular weight is 596 g/mol. The smallest absolute Gasteiger partial charge is 0.356 e. The largest absolute Gasteiger partial charge is 0.433 e. The predicted molar refractivity (Wildman–Crippen MR) is 142 cm³/mol. The summed E-state index contributed by atoms with van der Waals surface area (Å²) in [5.41, 5.74) is -0.532. The first-order valence-corrected chi connectivity index (χ1v) is 13.3. The van der Waals surface area contributed by atoms with Crippen molar-refractivity contribution in [3.05, 3.63) is 75.8 Å². The van der Waals surface area contributed by atoms with Crippen molar-refractivity contribution in [2.24, 2.45) is 0 Å². The highest BCUT2D eigenvalue weighted by molar-refractivity contribution is 6.31. The van der Waals surface area contributed by atoms with E-state index in [9.17, 15) is 26.3 Å². The molecule has 14 heteroatoms. The van der Waals surface area contributed by atoms with Crippen LogP contribution in [0.2, 0.25) is 5.02 Å². The third kappa shape index (κ3) is 5.28. The Labute approximate surface area is 235 Å². The Bertz CT molecular complexity index is 1540. The van der Waals surface area contributed by atoms with Gasteiger partial charge < -0.3 is 19.7 Å². The molecule has 7 nitrogen and oxygen atoms in total. The van der Waals surface area contributed by atoms with E-state index in [1.165, 1.54) is 4.90 Å². The summed E-state index contributed by atoms with van der Waals surface area (Å²) in [6.07, 6.45) is -8.27. The fourth-order valence-corrected chi connectivity index (χ4v) is 5.63. The highest BCUT2D eigenvalue weighted by Gasteiger charge is 2.42. The second kappa shape index (κ2) is 10.1. The Morgan fingerprint density at radius 2 is 1.56 bits per heavy atom. The van der Waals surface area contributed by atoms with E-state index in [4.69, 9.17) is 11.6 Å². The van der Waals surface area contributed by atoms with Gasteiger partial charge in [0.15, 0.2) is 11.4 Å². The first-order valence-electron chi connectivity index (χ1n) is 12.9. The van der Waals surface area contributed by atoms with Crippen LogP contribution >= 0.6 is 11.6 Å². The number of likely N-dealkylation sites (N-methyl/N-ethyl adjacent to an activating group) is 1. The molecule has 3 aromatic heterocycles. The van der Waals surface area contributed by atoms with Crippen LogP contribution in [-0.4, -0.2) is 64.6 Å². The molecule has 0 amide bonds. The molecule has 2 aliphatic rings. The van der Waals surface area contributed by atoms with Gasteiger partial charge in [-0.1, -0.05) is 17.7 Å². The Hall–Kier alpha value is -3.58. The molecule has 1 aromatic carbocycles. The molecule has 0 radical (unpaired) electrons. The van der Waals surface area contributed by atoms with E-state index in [0.717, 1.165) is 48.5 Å².